The summed E-state index contributed by atoms with van der Waals surface area (Å²) in [6.45, 7) is 0.0593. The number of hydrogen-bond acceptors (Lipinski definition) is 4. The largest absolute Gasteiger partial charge is 0.394 e. The lowest BCUT2D eigenvalue weighted by Gasteiger charge is -2.13. The van der Waals surface area contributed by atoms with E-state index < -0.39 is 0 Å². The van der Waals surface area contributed by atoms with Crippen molar-refractivity contribution in [2.24, 2.45) is 23.7 Å². The molecule has 4 unspecified atom stereocenters. The van der Waals surface area contributed by atoms with E-state index >= 15 is 0 Å². The van der Waals surface area contributed by atoms with Crippen LogP contribution in [0.4, 0.5) is 5.69 Å². The quantitative estimate of drug-likeness (QED) is 0.880. The Bertz CT molecular complexity index is 587. The van der Waals surface area contributed by atoms with Gasteiger partial charge in [0.1, 0.15) is 5.02 Å². The molecule has 20 heavy (non-hydrogen) atoms. The van der Waals surface area contributed by atoms with Crippen molar-refractivity contribution in [1.29, 1.82) is 0 Å². The van der Waals surface area contributed by atoms with E-state index in [1.165, 1.54) is 23.9 Å². The molecule has 3 aliphatic rings. The molecule has 0 aliphatic heterocycles. The van der Waals surface area contributed by atoms with E-state index in [4.69, 9.17) is 16.7 Å². The van der Waals surface area contributed by atoms with Crippen molar-refractivity contribution in [1.82, 2.24) is 9.78 Å². The van der Waals surface area contributed by atoms with E-state index in [1.807, 2.05) is 0 Å². The molecule has 2 N–H and O–H groups in total. The van der Waals surface area contributed by atoms with Crippen molar-refractivity contribution >= 4 is 17.3 Å². The number of fused-ring (bicyclic) bond motifs is 5. The minimum absolute atomic E-state index is 0.119. The summed E-state index contributed by atoms with van der Waals surface area (Å²) in [6, 6.07) is 0.480. The van der Waals surface area contributed by atoms with Gasteiger partial charge in [0.05, 0.1) is 25.0 Å². The van der Waals surface area contributed by atoms with E-state index in [1.54, 1.807) is 6.20 Å². The van der Waals surface area contributed by atoms with Gasteiger partial charge in [-0.15, -0.1) is 0 Å². The Kier molecular flexibility index (Phi) is 2.82. The van der Waals surface area contributed by atoms with Crippen LogP contribution in [0.1, 0.15) is 19.3 Å². The molecule has 1 aromatic rings. The first-order valence-corrected chi connectivity index (χ1v) is 7.71. The lowest BCUT2D eigenvalue weighted by molar-refractivity contribution is 0.266. The molecular weight excluding hydrogens is 278 g/mol. The molecule has 4 rings (SSSR count). The van der Waals surface area contributed by atoms with Gasteiger partial charge in [-0.3, -0.25) is 4.79 Å². The van der Waals surface area contributed by atoms with Crippen LogP contribution in [0.2, 0.25) is 5.02 Å². The third-order valence-corrected chi connectivity index (χ3v) is 5.72. The van der Waals surface area contributed by atoms with Crippen LogP contribution in [0, 0.1) is 23.7 Å². The summed E-state index contributed by atoms with van der Waals surface area (Å²) in [5, 5.41) is 16.5. The number of aliphatic hydroxyl groups excluding tert-OH is 1. The Balaban J connectivity index is 1.53. The molecule has 5 nitrogen and oxygen atoms in total. The molecule has 108 valence electrons. The first kappa shape index (κ1) is 12.7. The van der Waals surface area contributed by atoms with Gasteiger partial charge in [0.15, 0.2) is 0 Å². The first-order valence-electron chi connectivity index (χ1n) is 7.33. The van der Waals surface area contributed by atoms with Gasteiger partial charge in [0.2, 0.25) is 0 Å². The highest BCUT2D eigenvalue weighted by molar-refractivity contribution is 6.32. The highest BCUT2D eigenvalue weighted by Crippen LogP contribution is 2.66. The van der Waals surface area contributed by atoms with Crippen LogP contribution in [0.3, 0.4) is 0 Å². The van der Waals surface area contributed by atoms with Gasteiger partial charge in [0.25, 0.3) is 5.56 Å². The number of aliphatic hydroxyl groups is 1. The molecule has 0 radical (unpaired) electrons. The first-order chi connectivity index (χ1) is 9.70. The molecule has 3 aliphatic carbocycles. The molecule has 0 amide bonds. The number of aromatic nitrogens is 2. The SMILES string of the molecule is O=c1c(Cl)c(NC2C3C4CCC(C4)C23)cnn1CCO. The van der Waals surface area contributed by atoms with Gasteiger partial charge in [-0.1, -0.05) is 11.6 Å². The monoisotopic (exact) mass is 295 g/mol. The number of hydrogen-bond donors (Lipinski definition) is 2. The fourth-order valence-corrected chi connectivity index (χ4v) is 4.72. The second-order valence-electron chi connectivity index (χ2n) is 6.28. The van der Waals surface area contributed by atoms with Crippen molar-refractivity contribution < 1.29 is 5.11 Å². The van der Waals surface area contributed by atoms with Crippen LogP contribution in [0.15, 0.2) is 11.0 Å². The maximum atomic E-state index is 12.0. The highest BCUT2D eigenvalue weighted by Gasteiger charge is 2.65. The molecular formula is C14H18ClN3O2. The molecule has 2 bridgehead atoms. The summed E-state index contributed by atoms with van der Waals surface area (Å²) in [7, 11) is 0. The Morgan fingerprint density at radius 3 is 2.75 bits per heavy atom. The second-order valence-corrected chi connectivity index (χ2v) is 6.66. The van der Waals surface area contributed by atoms with Gasteiger partial charge in [0, 0.05) is 6.04 Å². The summed E-state index contributed by atoms with van der Waals surface area (Å²) in [4.78, 5) is 12.0. The molecule has 4 atom stereocenters. The Labute approximate surface area is 121 Å². The topological polar surface area (TPSA) is 67.2 Å². The summed E-state index contributed by atoms with van der Waals surface area (Å²) in [5.74, 6) is 3.32. The zero-order valence-corrected chi connectivity index (χ0v) is 11.9. The van der Waals surface area contributed by atoms with Crippen molar-refractivity contribution in [2.45, 2.75) is 31.8 Å². The van der Waals surface area contributed by atoms with E-state index in [0.29, 0.717) is 11.7 Å². The number of halogens is 1. The average Bonchev–Trinajstić information content (AvgIpc) is 2.83. The summed E-state index contributed by atoms with van der Waals surface area (Å²) in [5.41, 5.74) is 0.309. The van der Waals surface area contributed by atoms with Crippen LogP contribution in [0.25, 0.3) is 0 Å². The molecule has 1 heterocycles. The van der Waals surface area contributed by atoms with Gasteiger partial charge in [-0.2, -0.15) is 5.10 Å². The van der Waals surface area contributed by atoms with E-state index in [0.717, 1.165) is 23.7 Å². The van der Waals surface area contributed by atoms with Gasteiger partial charge < -0.3 is 10.4 Å². The molecule has 0 aromatic carbocycles. The third-order valence-electron chi connectivity index (χ3n) is 5.35. The number of rotatable bonds is 4. The van der Waals surface area contributed by atoms with Gasteiger partial charge in [-0.05, 0) is 42.9 Å². The molecule has 6 heteroatoms. The number of nitrogens with one attached hydrogen (secondary N) is 1. The fraction of sp³-hybridized carbons (Fsp3) is 0.714. The third kappa shape index (κ3) is 1.72. The summed E-state index contributed by atoms with van der Waals surface area (Å²) < 4.78 is 1.20. The zero-order valence-electron chi connectivity index (χ0n) is 11.1. The normalized spacial score (nSPS) is 37.0. The number of anilines is 1. The van der Waals surface area contributed by atoms with Crippen LogP contribution in [0.5, 0.6) is 0 Å². The Morgan fingerprint density at radius 1 is 1.40 bits per heavy atom. The predicted octanol–water partition coefficient (Wildman–Crippen LogP) is 1.35. The second kappa shape index (κ2) is 4.46. The Hall–Kier alpha value is -1.07. The van der Waals surface area contributed by atoms with E-state index in [-0.39, 0.29) is 23.7 Å². The van der Waals surface area contributed by atoms with Gasteiger partial charge in [-0.25, -0.2) is 4.68 Å². The zero-order chi connectivity index (χ0) is 13.9. The molecule has 3 saturated carbocycles. The molecule has 1 aromatic heterocycles. The molecule has 0 saturated heterocycles. The predicted molar refractivity (Wildman–Crippen MR) is 75.8 cm³/mol. The van der Waals surface area contributed by atoms with Crippen molar-refractivity contribution in [3.05, 3.63) is 21.6 Å². The summed E-state index contributed by atoms with van der Waals surface area (Å²) in [6.07, 6.45) is 5.75. The summed E-state index contributed by atoms with van der Waals surface area (Å²) >= 11 is 6.13. The fourth-order valence-electron chi connectivity index (χ4n) is 4.52. The maximum Gasteiger partial charge on any atom is 0.287 e. The molecule has 3 fully saturated rings. The van der Waals surface area contributed by atoms with Crippen molar-refractivity contribution in [3.63, 3.8) is 0 Å². The molecule has 0 spiro atoms. The standard InChI is InChI=1S/C14H18ClN3O2/c15-12-9(6-16-18(3-4-19)14(12)20)17-13-10-7-1-2-8(5-7)11(10)13/h6-8,10-11,13,17,19H,1-5H2. The minimum Gasteiger partial charge on any atom is -0.394 e. The van der Waals surface area contributed by atoms with E-state index in [9.17, 15) is 4.79 Å². The van der Waals surface area contributed by atoms with Crippen molar-refractivity contribution in [3.8, 4) is 0 Å². The van der Waals surface area contributed by atoms with E-state index in [2.05, 4.69) is 10.4 Å². The van der Waals surface area contributed by atoms with Crippen molar-refractivity contribution in [2.75, 3.05) is 11.9 Å². The van der Waals surface area contributed by atoms with Crippen LogP contribution in [-0.4, -0.2) is 27.5 Å². The van der Waals surface area contributed by atoms with Gasteiger partial charge >= 0.3 is 0 Å². The van der Waals surface area contributed by atoms with Crippen LogP contribution >= 0.6 is 11.6 Å². The van der Waals surface area contributed by atoms with Crippen LogP contribution < -0.4 is 10.9 Å². The number of nitrogens with zero attached hydrogens (tertiary/aromatic N) is 2. The van der Waals surface area contributed by atoms with Crippen LogP contribution in [-0.2, 0) is 6.54 Å². The lowest BCUT2D eigenvalue weighted by atomic mass is 10.0. The highest BCUT2D eigenvalue weighted by atomic mass is 35.5. The average molecular weight is 296 g/mol. The Morgan fingerprint density at radius 2 is 2.10 bits per heavy atom. The maximum absolute atomic E-state index is 12.0. The minimum atomic E-state index is -0.334. The lowest BCUT2D eigenvalue weighted by Crippen LogP contribution is -2.26. The smallest absolute Gasteiger partial charge is 0.287 e.